The van der Waals surface area contributed by atoms with Crippen LogP contribution < -0.4 is 15.1 Å². The molecule has 2 saturated heterocycles. The number of anilines is 3. The van der Waals surface area contributed by atoms with E-state index in [1.165, 1.54) is 34.0 Å². The number of ether oxygens (including phenoxy) is 1. The first kappa shape index (κ1) is 35.6. The van der Waals surface area contributed by atoms with E-state index in [2.05, 4.69) is 15.4 Å². The van der Waals surface area contributed by atoms with Crippen LogP contribution in [-0.2, 0) is 20.9 Å². The van der Waals surface area contributed by atoms with Crippen LogP contribution in [0.1, 0.15) is 25.6 Å². The molecule has 3 aliphatic heterocycles. The fourth-order valence-corrected chi connectivity index (χ4v) is 8.18. The Morgan fingerprint density at radius 1 is 0.929 bits per heavy atom. The van der Waals surface area contributed by atoms with Crippen molar-refractivity contribution < 1.29 is 27.5 Å². The van der Waals surface area contributed by atoms with E-state index in [0.717, 1.165) is 12.1 Å². The molecule has 14 nitrogen and oxygen atoms in total. The number of carbonyl (C=O) groups excluding carboxylic acids is 2. The molecule has 0 saturated carbocycles. The highest BCUT2D eigenvalue weighted by molar-refractivity contribution is 5.98. The van der Waals surface area contributed by atoms with E-state index in [-0.39, 0.29) is 54.1 Å². The van der Waals surface area contributed by atoms with E-state index >= 15 is 8.78 Å². The minimum atomic E-state index is -0.852. The van der Waals surface area contributed by atoms with Gasteiger partial charge in [-0.15, -0.1) is 0 Å². The molecule has 0 spiro atoms. The standard InChI is InChI=1S/C39H38F3N11O3/c1-20-10-11-50(37(20)54)39-47-35(27-16-43-53(36(27)48-39)31-9-8-22(40)13-28(31)42)52-17-24-15-32(52)38(55)49(3)18-25(56-4)19-51-21(2)44-30-14-23(41)12-26(34(30)51)29-6-5-7-33(45-24)46-29/h5-9,12-14,16,20,24-25,32H,10-11,15,17-19H2,1-4H3,(H,45,46)/t20?,24-,25-,32-/m0/s1. The molecule has 2 amide bonds. The van der Waals surface area contributed by atoms with Crippen molar-refractivity contribution in [2.75, 3.05) is 48.9 Å². The highest BCUT2D eigenvalue weighted by Crippen LogP contribution is 2.37. The summed E-state index contributed by atoms with van der Waals surface area (Å²) in [4.78, 5) is 52.3. The smallest absolute Gasteiger partial charge is 0.245 e. The number of amides is 2. The van der Waals surface area contributed by atoms with Gasteiger partial charge in [0, 0.05) is 63.4 Å². The summed E-state index contributed by atoms with van der Waals surface area (Å²) in [6.45, 7) is 4.86. The molecule has 9 rings (SSSR count). The van der Waals surface area contributed by atoms with Gasteiger partial charge < -0.3 is 24.4 Å². The number of aromatic nitrogens is 7. The van der Waals surface area contributed by atoms with Crippen LogP contribution in [0.25, 0.3) is 39.0 Å². The molecule has 1 N–H and O–H groups in total. The van der Waals surface area contributed by atoms with Gasteiger partial charge in [-0.05, 0) is 50.1 Å². The second-order valence-corrected chi connectivity index (χ2v) is 14.7. The molecule has 17 heteroatoms. The average molecular weight is 766 g/mol. The van der Waals surface area contributed by atoms with Crippen LogP contribution in [0.15, 0.2) is 54.7 Å². The monoisotopic (exact) mass is 765 g/mol. The Labute approximate surface area is 318 Å². The predicted molar refractivity (Wildman–Crippen MR) is 202 cm³/mol. The van der Waals surface area contributed by atoms with Crippen molar-refractivity contribution in [3.05, 3.63) is 78.0 Å². The van der Waals surface area contributed by atoms with Gasteiger partial charge in [-0.25, -0.2) is 27.8 Å². The number of rotatable bonds is 4. The number of imidazole rings is 1. The Hall–Kier alpha value is -6.10. The molecule has 1 unspecified atom stereocenters. The van der Waals surface area contributed by atoms with Gasteiger partial charge in [0.2, 0.25) is 17.8 Å². The van der Waals surface area contributed by atoms with E-state index in [1.807, 2.05) is 41.5 Å². The third kappa shape index (κ3) is 5.97. The maximum absolute atomic E-state index is 15.2. The van der Waals surface area contributed by atoms with E-state index < -0.39 is 29.6 Å². The summed E-state index contributed by atoms with van der Waals surface area (Å²) < 4.78 is 53.5. The van der Waals surface area contributed by atoms with Crippen LogP contribution in [0.4, 0.5) is 30.8 Å². The van der Waals surface area contributed by atoms with Crippen LogP contribution in [0.3, 0.4) is 0 Å². The number of halogens is 3. The summed E-state index contributed by atoms with van der Waals surface area (Å²) in [7, 11) is 3.30. The molecule has 0 radical (unpaired) electrons. The minimum absolute atomic E-state index is 0.0451. The van der Waals surface area contributed by atoms with E-state index in [1.54, 1.807) is 19.1 Å². The Bertz CT molecular complexity index is 2560. The molecule has 4 aromatic heterocycles. The largest absolute Gasteiger partial charge is 0.378 e. The van der Waals surface area contributed by atoms with Crippen molar-refractivity contribution in [1.82, 2.24) is 39.2 Å². The van der Waals surface area contributed by atoms with Gasteiger partial charge in [0.15, 0.2) is 11.5 Å². The van der Waals surface area contributed by atoms with Gasteiger partial charge in [0.1, 0.15) is 40.8 Å². The lowest BCUT2D eigenvalue weighted by atomic mass is 10.1. The third-order valence-corrected chi connectivity index (χ3v) is 11.1. The molecule has 2 aromatic carbocycles. The van der Waals surface area contributed by atoms with Crippen LogP contribution in [0.2, 0.25) is 0 Å². The van der Waals surface area contributed by atoms with Crippen molar-refractivity contribution in [2.24, 2.45) is 5.92 Å². The number of nitrogens with one attached hydrogen (secondary N) is 1. The molecule has 3 aliphatic rings. The molecule has 4 atom stereocenters. The van der Waals surface area contributed by atoms with Gasteiger partial charge >= 0.3 is 0 Å². The molecule has 4 bridgehead atoms. The number of hydrogen-bond acceptors (Lipinski definition) is 10. The number of hydrogen-bond donors (Lipinski definition) is 1. The number of fused-ring (bicyclic) bond motifs is 6. The molecular weight excluding hydrogens is 727 g/mol. The summed E-state index contributed by atoms with van der Waals surface area (Å²) in [5.74, 6) is -1.07. The Balaban J connectivity index is 1.18. The zero-order chi connectivity index (χ0) is 39.0. The number of carbonyl (C=O) groups is 2. The number of likely N-dealkylation sites (N-methyl/N-ethyl adjacent to an activating group) is 1. The second-order valence-electron chi connectivity index (χ2n) is 14.7. The van der Waals surface area contributed by atoms with Crippen LogP contribution in [0, 0.1) is 30.3 Å². The van der Waals surface area contributed by atoms with E-state index in [0.29, 0.717) is 71.1 Å². The van der Waals surface area contributed by atoms with Gasteiger partial charge in [-0.3, -0.25) is 14.5 Å². The average Bonchev–Trinajstić information content (AvgIpc) is 3.95. The molecule has 7 heterocycles. The third-order valence-electron chi connectivity index (χ3n) is 11.1. The highest BCUT2D eigenvalue weighted by Gasteiger charge is 2.42. The zero-order valence-corrected chi connectivity index (χ0v) is 31.1. The Morgan fingerprint density at radius 3 is 2.54 bits per heavy atom. The van der Waals surface area contributed by atoms with Crippen LogP contribution >= 0.6 is 0 Å². The maximum atomic E-state index is 15.2. The lowest BCUT2D eigenvalue weighted by molar-refractivity contribution is -0.132. The van der Waals surface area contributed by atoms with Gasteiger partial charge in [0.25, 0.3) is 0 Å². The summed E-state index contributed by atoms with van der Waals surface area (Å²) in [5.41, 5.74) is 2.44. The van der Waals surface area contributed by atoms with E-state index in [4.69, 9.17) is 19.7 Å². The van der Waals surface area contributed by atoms with Crippen molar-refractivity contribution in [1.29, 1.82) is 0 Å². The fourth-order valence-electron chi connectivity index (χ4n) is 8.18. The normalized spacial score (nSPS) is 21.6. The van der Waals surface area contributed by atoms with Crippen molar-refractivity contribution >= 4 is 51.5 Å². The first-order chi connectivity index (χ1) is 27.0. The molecule has 288 valence electrons. The number of aryl methyl sites for hydroxylation is 1. The Morgan fingerprint density at radius 2 is 1.77 bits per heavy atom. The Kier molecular flexibility index (Phi) is 8.63. The van der Waals surface area contributed by atoms with Gasteiger partial charge in [0.05, 0.1) is 41.0 Å². The van der Waals surface area contributed by atoms with Gasteiger partial charge in [-0.1, -0.05) is 13.0 Å². The van der Waals surface area contributed by atoms with Crippen molar-refractivity contribution in [3.8, 4) is 16.9 Å². The minimum Gasteiger partial charge on any atom is -0.378 e. The van der Waals surface area contributed by atoms with Crippen molar-refractivity contribution in [2.45, 2.75) is 51.4 Å². The zero-order valence-electron chi connectivity index (χ0n) is 31.1. The summed E-state index contributed by atoms with van der Waals surface area (Å²) in [5, 5.41) is 8.37. The molecule has 0 aliphatic carbocycles. The van der Waals surface area contributed by atoms with Crippen LogP contribution in [-0.4, -0.2) is 103 Å². The predicted octanol–water partition coefficient (Wildman–Crippen LogP) is 4.87. The first-order valence-electron chi connectivity index (χ1n) is 18.4. The number of pyridine rings is 1. The SMILES string of the molecule is CO[C@H]1CN(C)C(=O)[C@@H]2C[C@@H](CN2c2nc(N3CCC(C)C3=O)nc3c2cnn3-c2ccc(F)cc2F)Nc2cccc(n2)-c2cc(F)cc3nc(C)n(c23)C1. The second kappa shape index (κ2) is 13.6. The fraction of sp³-hybridized carbons (Fsp3) is 0.359. The summed E-state index contributed by atoms with van der Waals surface area (Å²) >= 11 is 0. The lowest BCUT2D eigenvalue weighted by Crippen LogP contribution is -2.47. The van der Waals surface area contributed by atoms with Gasteiger partial charge in [-0.2, -0.15) is 15.1 Å². The number of nitrogens with zero attached hydrogens (tertiary/aromatic N) is 10. The summed E-state index contributed by atoms with van der Waals surface area (Å²) in [6, 6.07) is 10.4. The number of methoxy groups -OCH3 is 1. The number of benzene rings is 2. The molecule has 6 aromatic rings. The van der Waals surface area contributed by atoms with Crippen LogP contribution in [0.5, 0.6) is 0 Å². The highest BCUT2D eigenvalue weighted by atomic mass is 19.1. The quantitative estimate of drug-likeness (QED) is 0.265. The molecule has 56 heavy (non-hydrogen) atoms. The topological polar surface area (TPSA) is 139 Å². The molecule has 2 fully saturated rings. The lowest BCUT2D eigenvalue weighted by Gasteiger charge is -2.31. The maximum Gasteiger partial charge on any atom is 0.245 e. The van der Waals surface area contributed by atoms with Crippen molar-refractivity contribution in [3.63, 3.8) is 0 Å². The first-order valence-corrected chi connectivity index (χ1v) is 18.4. The summed E-state index contributed by atoms with van der Waals surface area (Å²) in [6.07, 6.45) is 1.94. The molecular formula is C39H38F3N11O3. The van der Waals surface area contributed by atoms with E-state index in [9.17, 15) is 14.0 Å².